The van der Waals surface area contributed by atoms with Gasteiger partial charge >= 0.3 is 6.03 Å². The fraction of sp³-hybridized carbons (Fsp3) is 0.692. The van der Waals surface area contributed by atoms with Gasteiger partial charge in [-0.3, -0.25) is 4.68 Å². The molecule has 20 heavy (non-hydrogen) atoms. The number of methoxy groups -OCH3 is 1. The molecule has 1 aromatic rings. The fourth-order valence-electron chi connectivity index (χ4n) is 1.95. The van der Waals surface area contributed by atoms with Crippen molar-refractivity contribution in [3.8, 4) is 0 Å². The van der Waals surface area contributed by atoms with Crippen LogP contribution < -0.4 is 10.6 Å². The zero-order valence-corrected chi connectivity index (χ0v) is 12.1. The van der Waals surface area contributed by atoms with Crippen LogP contribution in [0.15, 0.2) is 12.4 Å². The van der Waals surface area contributed by atoms with Crippen LogP contribution in [0.1, 0.15) is 12.8 Å². The van der Waals surface area contributed by atoms with Crippen LogP contribution in [0.25, 0.3) is 0 Å². The molecule has 7 nitrogen and oxygen atoms in total. The van der Waals surface area contributed by atoms with E-state index in [9.17, 15) is 4.79 Å². The minimum atomic E-state index is -0.194. The molecular formula is C13H23N5O2. The minimum Gasteiger partial charge on any atom is -0.383 e. The Kier molecular flexibility index (Phi) is 5.37. The van der Waals surface area contributed by atoms with Crippen molar-refractivity contribution < 1.29 is 9.53 Å². The zero-order valence-electron chi connectivity index (χ0n) is 12.1. The Balaban J connectivity index is 1.64. The second kappa shape index (κ2) is 7.25. The van der Waals surface area contributed by atoms with Gasteiger partial charge in [0.1, 0.15) is 0 Å². The van der Waals surface area contributed by atoms with E-state index in [4.69, 9.17) is 4.74 Å². The zero-order chi connectivity index (χ0) is 14.4. The Hall–Kier alpha value is -1.60. The topological polar surface area (TPSA) is 71.4 Å². The standard InChI is InChI=1S/C13H23N5O2/c1-17(12-3-4-12)6-5-14-13(19)16-11-9-15-18(10-11)7-8-20-2/h9-10,12H,3-8H2,1-2H3,(H2,14,16,19). The summed E-state index contributed by atoms with van der Waals surface area (Å²) in [4.78, 5) is 14.0. The van der Waals surface area contributed by atoms with E-state index in [-0.39, 0.29) is 6.03 Å². The number of anilines is 1. The lowest BCUT2D eigenvalue weighted by Gasteiger charge is -2.15. The number of ether oxygens (including phenoxy) is 1. The summed E-state index contributed by atoms with van der Waals surface area (Å²) in [5, 5.41) is 9.74. The molecule has 0 radical (unpaired) electrons. The third-order valence-corrected chi connectivity index (χ3v) is 3.34. The van der Waals surface area contributed by atoms with Gasteiger partial charge in [-0.2, -0.15) is 5.10 Å². The van der Waals surface area contributed by atoms with E-state index in [2.05, 4.69) is 27.7 Å². The van der Waals surface area contributed by atoms with Crippen molar-refractivity contribution in [3.63, 3.8) is 0 Å². The highest BCUT2D eigenvalue weighted by atomic mass is 16.5. The van der Waals surface area contributed by atoms with E-state index >= 15 is 0 Å². The quantitative estimate of drug-likeness (QED) is 0.737. The molecule has 0 saturated heterocycles. The predicted molar refractivity (Wildman–Crippen MR) is 76.8 cm³/mol. The van der Waals surface area contributed by atoms with Gasteiger partial charge in [0.25, 0.3) is 0 Å². The van der Waals surface area contributed by atoms with Crippen molar-refractivity contribution in [1.29, 1.82) is 0 Å². The van der Waals surface area contributed by atoms with Crippen molar-refractivity contribution in [1.82, 2.24) is 20.0 Å². The van der Waals surface area contributed by atoms with Crippen LogP contribution in [0.4, 0.5) is 10.5 Å². The van der Waals surface area contributed by atoms with Gasteiger partial charge in [-0.1, -0.05) is 0 Å². The SMILES string of the molecule is COCCn1cc(NC(=O)NCCN(C)C2CC2)cn1. The summed E-state index contributed by atoms with van der Waals surface area (Å²) in [6.07, 6.45) is 5.98. The Morgan fingerprint density at radius 2 is 2.40 bits per heavy atom. The van der Waals surface area contributed by atoms with Gasteiger partial charge in [0.05, 0.1) is 25.0 Å². The molecule has 1 aliphatic rings. The van der Waals surface area contributed by atoms with Crippen LogP contribution in [0.5, 0.6) is 0 Å². The summed E-state index contributed by atoms with van der Waals surface area (Å²) in [5.41, 5.74) is 0.689. The van der Waals surface area contributed by atoms with Gasteiger partial charge in [-0.05, 0) is 19.9 Å². The van der Waals surface area contributed by atoms with Gasteiger partial charge in [0, 0.05) is 32.4 Å². The number of likely N-dealkylation sites (N-methyl/N-ethyl adjacent to an activating group) is 1. The average Bonchev–Trinajstić information content (AvgIpc) is 3.18. The molecule has 0 unspecified atom stereocenters. The van der Waals surface area contributed by atoms with Crippen molar-refractivity contribution >= 4 is 11.7 Å². The number of rotatable bonds is 8. The number of nitrogens with one attached hydrogen (secondary N) is 2. The molecule has 1 saturated carbocycles. The van der Waals surface area contributed by atoms with Crippen molar-refractivity contribution in [2.45, 2.75) is 25.4 Å². The first-order valence-electron chi connectivity index (χ1n) is 6.95. The van der Waals surface area contributed by atoms with Gasteiger partial charge in [-0.25, -0.2) is 4.79 Å². The maximum Gasteiger partial charge on any atom is 0.319 e. The lowest BCUT2D eigenvalue weighted by Crippen LogP contribution is -2.36. The molecule has 2 amide bonds. The number of amides is 2. The summed E-state index contributed by atoms with van der Waals surface area (Å²) in [6.45, 7) is 2.80. The second-order valence-corrected chi connectivity index (χ2v) is 5.08. The summed E-state index contributed by atoms with van der Waals surface area (Å²) in [6, 6.07) is 0.527. The molecular weight excluding hydrogens is 258 g/mol. The van der Waals surface area contributed by atoms with Crippen LogP contribution in [0.2, 0.25) is 0 Å². The first-order chi connectivity index (χ1) is 9.69. The number of nitrogens with zero attached hydrogens (tertiary/aromatic N) is 3. The lowest BCUT2D eigenvalue weighted by atomic mass is 10.5. The molecule has 0 bridgehead atoms. The highest BCUT2D eigenvalue weighted by Crippen LogP contribution is 2.24. The fourth-order valence-corrected chi connectivity index (χ4v) is 1.95. The largest absolute Gasteiger partial charge is 0.383 e. The van der Waals surface area contributed by atoms with Crippen LogP contribution in [0, 0.1) is 0 Å². The Labute approximate surface area is 119 Å². The molecule has 1 heterocycles. The number of carbonyl (C=O) groups excluding carboxylic acids is 1. The Morgan fingerprint density at radius 1 is 1.60 bits per heavy atom. The molecule has 0 aliphatic heterocycles. The van der Waals surface area contributed by atoms with Crippen molar-refractivity contribution in [2.24, 2.45) is 0 Å². The van der Waals surface area contributed by atoms with Crippen LogP contribution in [0.3, 0.4) is 0 Å². The molecule has 0 spiro atoms. The molecule has 1 aliphatic carbocycles. The third kappa shape index (κ3) is 4.82. The first kappa shape index (κ1) is 14.8. The van der Waals surface area contributed by atoms with E-state index in [1.807, 2.05) is 0 Å². The molecule has 112 valence electrons. The smallest absolute Gasteiger partial charge is 0.319 e. The van der Waals surface area contributed by atoms with Gasteiger partial charge in [-0.15, -0.1) is 0 Å². The molecule has 1 aromatic heterocycles. The number of carbonyl (C=O) groups is 1. The van der Waals surface area contributed by atoms with E-state index in [0.29, 0.717) is 25.4 Å². The van der Waals surface area contributed by atoms with Crippen molar-refractivity contribution in [3.05, 3.63) is 12.4 Å². The monoisotopic (exact) mass is 281 g/mol. The molecule has 0 atom stereocenters. The van der Waals surface area contributed by atoms with E-state index in [0.717, 1.165) is 12.6 Å². The number of hydrogen-bond donors (Lipinski definition) is 2. The lowest BCUT2D eigenvalue weighted by molar-refractivity contribution is 0.183. The summed E-state index contributed by atoms with van der Waals surface area (Å²) in [7, 11) is 3.74. The van der Waals surface area contributed by atoms with Gasteiger partial charge in [0.15, 0.2) is 0 Å². The second-order valence-electron chi connectivity index (χ2n) is 5.08. The van der Waals surface area contributed by atoms with E-state index in [1.54, 1.807) is 24.2 Å². The maximum absolute atomic E-state index is 11.7. The van der Waals surface area contributed by atoms with Crippen LogP contribution in [-0.2, 0) is 11.3 Å². The van der Waals surface area contributed by atoms with Crippen molar-refractivity contribution in [2.75, 3.05) is 39.2 Å². The van der Waals surface area contributed by atoms with Gasteiger partial charge < -0.3 is 20.3 Å². The highest BCUT2D eigenvalue weighted by Gasteiger charge is 2.25. The Morgan fingerprint density at radius 3 is 3.10 bits per heavy atom. The number of urea groups is 1. The maximum atomic E-state index is 11.7. The molecule has 1 fully saturated rings. The molecule has 2 rings (SSSR count). The predicted octanol–water partition coefficient (Wildman–Crippen LogP) is 0.745. The van der Waals surface area contributed by atoms with E-state index in [1.165, 1.54) is 12.8 Å². The summed E-state index contributed by atoms with van der Waals surface area (Å²) in [5.74, 6) is 0. The molecule has 7 heteroatoms. The summed E-state index contributed by atoms with van der Waals surface area (Å²) >= 11 is 0. The number of aromatic nitrogens is 2. The normalized spacial score (nSPS) is 14.6. The molecule has 2 N–H and O–H groups in total. The van der Waals surface area contributed by atoms with E-state index < -0.39 is 0 Å². The highest BCUT2D eigenvalue weighted by molar-refractivity contribution is 5.88. The number of hydrogen-bond acceptors (Lipinski definition) is 4. The van der Waals surface area contributed by atoms with Crippen LogP contribution >= 0.6 is 0 Å². The van der Waals surface area contributed by atoms with Gasteiger partial charge in [0.2, 0.25) is 0 Å². The Bertz CT molecular complexity index is 430. The first-order valence-corrected chi connectivity index (χ1v) is 6.95. The minimum absolute atomic E-state index is 0.194. The molecule has 0 aromatic carbocycles. The summed E-state index contributed by atoms with van der Waals surface area (Å²) < 4.78 is 6.71. The average molecular weight is 281 g/mol. The van der Waals surface area contributed by atoms with Crippen LogP contribution in [-0.4, -0.2) is 60.6 Å². The third-order valence-electron chi connectivity index (χ3n) is 3.34.